The molecule has 0 unspecified atom stereocenters. The van der Waals surface area contributed by atoms with E-state index in [0.29, 0.717) is 0 Å². The molecule has 2 heterocycles. The van der Waals surface area contributed by atoms with Gasteiger partial charge in [0, 0.05) is 0 Å². The molecule has 1 aliphatic rings. The Balaban J connectivity index is 2.03. The molecule has 0 bridgehead atoms. The van der Waals surface area contributed by atoms with E-state index in [9.17, 15) is 0 Å². The van der Waals surface area contributed by atoms with Crippen LogP contribution >= 0.6 is 30.7 Å². The molecule has 6 heteroatoms. The second-order valence-corrected chi connectivity index (χ2v) is 20.1. The van der Waals surface area contributed by atoms with Gasteiger partial charge in [0.2, 0.25) is 0 Å². The summed E-state index contributed by atoms with van der Waals surface area (Å²) in [6.07, 6.45) is 0. The van der Waals surface area contributed by atoms with Crippen molar-refractivity contribution < 1.29 is 12.3 Å². The Morgan fingerprint density at radius 2 is 1.15 bits per heavy atom. The molecule has 0 N–H and O–H groups in total. The van der Waals surface area contributed by atoms with E-state index < -0.39 is 12.3 Å². The average molecular weight is 602 g/mol. The van der Waals surface area contributed by atoms with Crippen molar-refractivity contribution in [3.8, 4) is 0 Å². The van der Waals surface area contributed by atoms with Gasteiger partial charge in [-0.2, -0.15) is 0 Å². The SMILES string of the molecule is CC1=C(C)N(c2c(C)cc(C)cc2C)[CH]([Ru-3]([Cl])([Cl])=[CH]c2cccs2)N1c1c(C)cc(C)cc1C. The van der Waals surface area contributed by atoms with Crippen LogP contribution in [0.5, 0.6) is 0 Å². The summed E-state index contributed by atoms with van der Waals surface area (Å²) >= 11 is -1.75. The molecule has 1 aliphatic heterocycles. The summed E-state index contributed by atoms with van der Waals surface area (Å²) in [6.45, 7) is 17.5. The summed E-state index contributed by atoms with van der Waals surface area (Å²) in [7, 11) is 15.0. The fraction of sp³-hybridized carbons (Fsp3) is 0.321. The third kappa shape index (κ3) is 4.55. The van der Waals surface area contributed by atoms with Crippen LogP contribution in [0.15, 0.2) is 53.2 Å². The first-order chi connectivity index (χ1) is 15.9. The Morgan fingerprint density at radius 3 is 1.50 bits per heavy atom. The minimum absolute atomic E-state index is 0.179. The molecule has 0 amide bonds. The summed E-state index contributed by atoms with van der Waals surface area (Å²) in [5, 5.41) is 2.08. The number of rotatable bonds is 4. The second-order valence-electron chi connectivity index (χ2n) is 9.30. The number of benzene rings is 2. The number of hydrogen-bond acceptors (Lipinski definition) is 3. The molecule has 0 spiro atoms. The molecule has 3 aromatic rings. The number of anilines is 2. The van der Waals surface area contributed by atoms with E-state index in [2.05, 4.69) is 112 Å². The first-order valence-corrected chi connectivity index (χ1v) is 18.7. The van der Waals surface area contributed by atoms with Gasteiger partial charge in [0.05, 0.1) is 0 Å². The van der Waals surface area contributed by atoms with Crippen LogP contribution in [0.3, 0.4) is 0 Å². The zero-order valence-corrected chi connectivity index (χ0v) is 25.2. The number of aryl methyl sites for hydroxylation is 6. The Hall–Kier alpha value is -1.45. The number of halogens is 2. The summed E-state index contributed by atoms with van der Waals surface area (Å²) in [5.74, 6) is 0. The number of hydrogen-bond donors (Lipinski definition) is 0. The monoisotopic (exact) mass is 601 g/mol. The van der Waals surface area contributed by atoms with Crippen LogP contribution < -0.4 is 9.80 Å². The van der Waals surface area contributed by atoms with Crippen molar-refractivity contribution in [2.24, 2.45) is 0 Å². The topological polar surface area (TPSA) is 6.48 Å². The van der Waals surface area contributed by atoms with Crippen LogP contribution in [0.1, 0.15) is 52.1 Å². The molecule has 186 valence electrons. The summed E-state index contributed by atoms with van der Waals surface area (Å²) in [4.78, 5) is 5.98. The Morgan fingerprint density at radius 1 is 0.735 bits per heavy atom. The van der Waals surface area contributed by atoms with E-state index in [0.717, 1.165) is 4.88 Å². The van der Waals surface area contributed by atoms with Crippen LogP contribution in [0.2, 0.25) is 0 Å². The van der Waals surface area contributed by atoms with E-state index in [4.69, 9.17) is 19.4 Å². The van der Waals surface area contributed by atoms with Gasteiger partial charge in [-0.15, -0.1) is 0 Å². The molecule has 1 aromatic heterocycles. The van der Waals surface area contributed by atoms with Gasteiger partial charge in [0.25, 0.3) is 0 Å². The summed E-state index contributed by atoms with van der Waals surface area (Å²) in [6, 6.07) is 13.2. The Bertz CT molecular complexity index is 1210. The third-order valence-electron chi connectivity index (χ3n) is 6.44. The van der Waals surface area contributed by atoms with Crippen LogP contribution in [-0.2, 0) is 12.3 Å². The van der Waals surface area contributed by atoms with Gasteiger partial charge in [-0.1, -0.05) is 0 Å². The molecule has 34 heavy (non-hydrogen) atoms. The van der Waals surface area contributed by atoms with Gasteiger partial charge in [0.1, 0.15) is 0 Å². The van der Waals surface area contributed by atoms with E-state index >= 15 is 0 Å². The fourth-order valence-electron chi connectivity index (χ4n) is 5.20. The molecule has 0 radical (unpaired) electrons. The first kappa shape index (κ1) is 25.6. The zero-order valence-electron chi connectivity index (χ0n) is 21.1. The normalized spacial score (nSPS) is 15.5. The average Bonchev–Trinajstić information content (AvgIpc) is 3.29. The predicted molar refractivity (Wildman–Crippen MR) is 150 cm³/mol. The molecule has 0 aliphatic carbocycles. The summed E-state index contributed by atoms with van der Waals surface area (Å²) < 4.78 is 1.99. The van der Waals surface area contributed by atoms with Crippen molar-refractivity contribution in [2.45, 2.75) is 60.2 Å². The molecule has 4 rings (SSSR count). The van der Waals surface area contributed by atoms with Gasteiger partial charge in [-0.3, -0.25) is 0 Å². The Kier molecular flexibility index (Phi) is 7.20. The molecule has 0 saturated heterocycles. The quantitative estimate of drug-likeness (QED) is 0.276. The van der Waals surface area contributed by atoms with Gasteiger partial charge in [0.15, 0.2) is 0 Å². The van der Waals surface area contributed by atoms with E-state index in [-0.39, 0.29) is 4.76 Å². The third-order valence-corrected chi connectivity index (χ3v) is 13.4. The molecular formula is C28H33Cl2N2RuS-3. The van der Waals surface area contributed by atoms with E-state index in [1.807, 2.05) is 0 Å². The van der Waals surface area contributed by atoms with Crippen molar-refractivity contribution in [3.05, 3.63) is 91.4 Å². The first-order valence-electron chi connectivity index (χ1n) is 11.3. The number of allylic oxidation sites excluding steroid dienone is 2. The predicted octanol–water partition coefficient (Wildman–Crippen LogP) is 8.77. The van der Waals surface area contributed by atoms with Crippen molar-refractivity contribution in [2.75, 3.05) is 9.80 Å². The molecule has 2 aromatic carbocycles. The van der Waals surface area contributed by atoms with Crippen LogP contribution in [0.25, 0.3) is 0 Å². The standard InChI is InChI=1S/C23H29N2.C5H4S.2ClH.Ru/c1-14-9-16(3)22(17(4)10-14)24-13-25(21(8)20(24)7)23-18(5)11-15(2)12-19(23)6;1-5-3-2-4-6-5;;;/h9-13H,1-8H3;1-4H;2*1H;/q;;;;-1/p-2. The van der Waals surface area contributed by atoms with Crippen molar-refractivity contribution in [1.29, 1.82) is 0 Å². The van der Waals surface area contributed by atoms with Gasteiger partial charge in [-0.05, 0) is 0 Å². The fourth-order valence-corrected chi connectivity index (χ4v) is 13.4. The molecule has 0 saturated carbocycles. The molecule has 0 atom stereocenters. The van der Waals surface area contributed by atoms with Gasteiger partial charge in [-0.25, -0.2) is 0 Å². The van der Waals surface area contributed by atoms with Gasteiger partial charge < -0.3 is 0 Å². The maximum atomic E-state index is 7.50. The number of nitrogens with zero attached hydrogens (tertiary/aromatic N) is 2. The van der Waals surface area contributed by atoms with Crippen molar-refractivity contribution in [3.63, 3.8) is 0 Å². The van der Waals surface area contributed by atoms with Crippen LogP contribution in [0.4, 0.5) is 11.4 Å². The van der Waals surface area contributed by atoms with Crippen molar-refractivity contribution >= 4 is 46.7 Å². The van der Waals surface area contributed by atoms with Crippen LogP contribution in [0, 0.1) is 41.5 Å². The summed E-state index contributed by atoms with van der Waals surface area (Å²) in [5.41, 5.74) is 12.3. The Labute approximate surface area is 219 Å². The van der Waals surface area contributed by atoms with Crippen LogP contribution in [-0.4, -0.2) is 9.37 Å². The minimum atomic E-state index is -3.44. The van der Waals surface area contributed by atoms with E-state index in [1.165, 1.54) is 56.1 Å². The zero-order chi connectivity index (χ0) is 24.9. The van der Waals surface area contributed by atoms with Gasteiger partial charge >= 0.3 is 220 Å². The molecular weight excluding hydrogens is 568 g/mol. The molecule has 2 nitrogen and oxygen atoms in total. The van der Waals surface area contributed by atoms with E-state index in [1.54, 1.807) is 11.3 Å². The number of thiophene rings is 1. The maximum absolute atomic E-state index is 7.50. The second kappa shape index (κ2) is 9.54. The molecule has 0 fully saturated rings. The van der Waals surface area contributed by atoms with Crippen molar-refractivity contribution in [1.82, 2.24) is 0 Å².